The van der Waals surface area contributed by atoms with Crippen LogP contribution in [0, 0.1) is 0 Å². The summed E-state index contributed by atoms with van der Waals surface area (Å²) in [5.41, 5.74) is 7.33. The molecule has 0 bridgehead atoms. The van der Waals surface area contributed by atoms with Gasteiger partial charge in [0.05, 0.1) is 6.04 Å². The van der Waals surface area contributed by atoms with Crippen LogP contribution in [-0.4, -0.2) is 11.9 Å². The van der Waals surface area contributed by atoms with Crippen LogP contribution < -0.4 is 17.0 Å². The molecule has 0 aromatic carbocycles. The fourth-order valence-corrected chi connectivity index (χ4v) is 0.549. The number of nitrogens with two attached hydrogens (primary N) is 2. The maximum Gasteiger partial charge on any atom is 0.250 e. The molecule has 4 heteroatoms. The van der Waals surface area contributed by atoms with Crippen LogP contribution in [0.2, 0.25) is 0 Å². The molecule has 0 aliphatic carbocycles. The molecule has 9 heavy (non-hydrogen) atoms. The van der Waals surface area contributed by atoms with Gasteiger partial charge in [-0.25, -0.2) is 5.84 Å². The molecule has 0 aliphatic rings. The van der Waals surface area contributed by atoms with Gasteiger partial charge in [-0.15, -0.1) is 0 Å². The molecular weight excluding hydrogens is 118 g/mol. The maximum atomic E-state index is 10.5. The Kier molecular flexibility index (Phi) is 4.00. The lowest BCUT2D eigenvalue weighted by Crippen LogP contribution is -2.43. The minimum atomic E-state index is -0.444. The van der Waals surface area contributed by atoms with E-state index < -0.39 is 6.04 Å². The average Bonchev–Trinajstić information content (AvgIpc) is 1.87. The summed E-state index contributed by atoms with van der Waals surface area (Å²) in [7, 11) is 0. The second-order valence-electron chi connectivity index (χ2n) is 1.90. The number of hydrogen-bond donors (Lipinski definition) is 3. The largest absolute Gasteiger partial charge is 0.320 e. The molecule has 1 unspecified atom stereocenters. The van der Waals surface area contributed by atoms with Crippen LogP contribution in [0.1, 0.15) is 19.8 Å². The Morgan fingerprint density at radius 1 is 1.78 bits per heavy atom. The van der Waals surface area contributed by atoms with E-state index >= 15 is 0 Å². The van der Waals surface area contributed by atoms with E-state index in [0.29, 0.717) is 6.42 Å². The Morgan fingerprint density at radius 2 is 2.33 bits per heavy atom. The van der Waals surface area contributed by atoms with Gasteiger partial charge in [0.15, 0.2) is 0 Å². The Bertz CT molecular complexity index is 94.2. The summed E-state index contributed by atoms with van der Waals surface area (Å²) >= 11 is 0. The van der Waals surface area contributed by atoms with E-state index in [-0.39, 0.29) is 5.91 Å². The second kappa shape index (κ2) is 4.29. The predicted octanol–water partition coefficient (Wildman–Crippen LogP) is -0.896. The highest BCUT2D eigenvalue weighted by Gasteiger charge is 2.08. The zero-order valence-corrected chi connectivity index (χ0v) is 5.55. The van der Waals surface area contributed by atoms with Crippen molar-refractivity contribution in [3.05, 3.63) is 0 Å². The molecule has 0 spiro atoms. The molecule has 0 aromatic rings. The third-order valence-electron chi connectivity index (χ3n) is 1.08. The minimum Gasteiger partial charge on any atom is -0.320 e. The molecule has 0 aliphatic heterocycles. The fourth-order valence-electron chi connectivity index (χ4n) is 0.549. The van der Waals surface area contributed by atoms with Gasteiger partial charge in [-0.2, -0.15) is 0 Å². The number of carbonyl (C=O) groups is 1. The van der Waals surface area contributed by atoms with Crippen LogP contribution in [0.5, 0.6) is 0 Å². The standard InChI is InChI=1S/C5H13N3O/c1-2-3-4(6)5(9)8-7/h4H,2-3,6-7H2,1H3,(H,8,9). The van der Waals surface area contributed by atoms with Crippen molar-refractivity contribution in [2.24, 2.45) is 11.6 Å². The van der Waals surface area contributed by atoms with Crippen molar-refractivity contribution < 1.29 is 4.79 Å². The number of nitrogens with one attached hydrogen (secondary N) is 1. The average molecular weight is 131 g/mol. The second-order valence-corrected chi connectivity index (χ2v) is 1.90. The molecule has 0 aromatic heterocycles. The van der Waals surface area contributed by atoms with E-state index in [1.54, 1.807) is 0 Å². The Morgan fingerprint density at radius 3 is 2.67 bits per heavy atom. The van der Waals surface area contributed by atoms with Gasteiger partial charge in [-0.3, -0.25) is 10.2 Å². The molecule has 1 atom stereocenters. The van der Waals surface area contributed by atoms with Crippen LogP contribution >= 0.6 is 0 Å². The molecule has 0 rings (SSSR count). The zero-order valence-electron chi connectivity index (χ0n) is 5.55. The summed E-state index contributed by atoms with van der Waals surface area (Å²) in [6.07, 6.45) is 1.58. The third-order valence-corrected chi connectivity index (χ3v) is 1.08. The smallest absolute Gasteiger partial charge is 0.250 e. The van der Waals surface area contributed by atoms with E-state index in [1.807, 2.05) is 12.3 Å². The monoisotopic (exact) mass is 131 g/mol. The number of hydrazine groups is 1. The third kappa shape index (κ3) is 3.05. The highest BCUT2D eigenvalue weighted by molar-refractivity contribution is 5.80. The summed E-state index contributed by atoms with van der Waals surface area (Å²) in [6.45, 7) is 1.96. The van der Waals surface area contributed by atoms with E-state index in [9.17, 15) is 4.79 Å². The first-order valence-electron chi connectivity index (χ1n) is 2.98. The molecule has 4 nitrogen and oxygen atoms in total. The molecule has 0 saturated heterocycles. The van der Waals surface area contributed by atoms with Crippen molar-refractivity contribution in [2.45, 2.75) is 25.8 Å². The number of rotatable bonds is 3. The van der Waals surface area contributed by atoms with Crippen LogP contribution in [0.4, 0.5) is 0 Å². The maximum absolute atomic E-state index is 10.5. The van der Waals surface area contributed by atoms with Gasteiger partial charge < -0.3 is 5.73 Å². The van der Waals surface area contributed by atoms with Gasteiger partial charge >= 0.3 is 0 Å². The van der Waals surface area contributed by atoms with Crippen molar-refractivity contribution in [2.75, 3.05) is 0 Å². The van der Waals surface area contributed by atoms with Crippen molar-refractivity contribution in [1.29, 1.82) is 0 Å². The Labute approximate surface area is 54.6 Å². The van der Waals surface area contributed by atoms with Crippen LogP contribution in [0.15, 0.2) is 0 Å². The molecular formula is C5H13N3O. The van der Waals surface area contributed by atoms with E-state index in [0.717, 1.165) is 6.42 Å². The minimum absolute atomic E-state index is 0.295. The SMILES string of the molecule is CCCC(N)C(=O)NN. The fraction of sp³-hybridized carbons (Fsp3) is 0.800. The zero-order chi connectivity index (χ0) is 7.28. The number of carbonyl (C=O) groups excluding carboxylic acids is 1. The van der Waals surface area contributed by atoms with Crippen molar-refractivity contribution >= 4 is 5.91 Å². The highest BCUT2D eigenvalue weighted by Crippen LogP contribution is 1.90. The van der Waals surface area contributed by atoms with Crippen molar-refractivity contribution in [3.63, 3.8) is 0 Å². The van der Waals surface area contributed by atoms with Gasteiger partial charge in [-0.05, 0) is 6.42 Å². The number of hydrogen-bond acceptors (Lipinski definition) is 3. The first-order chi connectivity index (χ1) is 4.22. The van der Waals surface area contributed by atoms with Gasteiger partial charge in [0.25, 0.3) is 5.91 Å². The van der Waals surface area contributed by atoms with E-state index in [4.69, 9.17) is 11.6 Å². The Hall–Kier alpha value is -0.610. The quantitative estimate of drug-likeness (QED) is 0.264. The van der Waals surface area contributed by atoms with Crippen LogP contribution in [0.25, 0.3) is 0 Å². The molecule has 0 heterocycles. The first-order valence-corrected chi connectivity index (χ1v) is 2.98. The molecule has 0 radical (unpaired) electrons. The topological polar surface area (TPSA) is 81.1 Å². The molecule has 5 N–H and O–H groups in total. The van der Waals surface area contributed by atoms with Gasteiger partial charge in [0.1, 0.15) is 0 Å². The van der Waals surface area contributed by atoms with Gasteiger partial charge in [0.2, 0.25) is 0 Å². The lowest BCUT2D eigenvalue weighted by molar-refractivity contribution is -0.122. The van der Waals surface area contributed by atoms with Gasteiger partial charge in [-0.1, -0.05) is 13.3 Å². The molecule has 0 fully saturated rings. The summed E-state index contributed by atoms with van der Waals surface area (Å²) < 4.78 is 0. The number of amides is 1. The molecule has 54 valence electrons. The van der Waals surface area contributed by atoms with Gasteiger partial charge in [0, 0.05) is 0 Å². The summed E-state index contributed by atoms with van der Waals surface area (Å²) in [5, 5.41) is 0. The normalized spacial score (nSPS) is 12.8. The first kappa shape index (κ1) is 8.39. The lowest BCUT2D eigenvalue weighted by atomic mass is 10.2. The highest BCUT2D eigenvalue weighted by atomic mass is 16.2. The summed E-state index contributed by atoms with van der Waals surface area (Å²) in [4.78, 5) is 10.5. The summed E-state index contributed by atoms with van der Waals surface area (Å²) in [5.74, 6) is 4.53. The van der Waals surface area contributed by atoms with E-state index in [2.05, 4.69) is 0 Å². The predicted molar refractivity (Wildman–Crippen MR) is 35.2 cm³/mol. The lowest BCUT2D eigenvalue weighted by Gasteiger charge is -2.06. The Balaban J connectivity index is 3.45. The molecule has 1 amide bonds. The van der Waals surface area contributed by atoms with Crippen LogP contribution in [0.3, 0.4) is 0 Å². The van der Waals surface area contributed by atoms with Crippen LogP contribution in [-0.2, 0) is 4.79 Å². The van der Waals surface area contributed by atoms with Crippen molar-refractivity contribution in [3.8, 4) is 0 Å². The van der Waals surface area contributed by atoms with Crippen molar-refractivity contribution in [1.82, 2.24) is 5.43 Å². The molecule has 0 saturated carbocycles. The summed E-state index contributed by atoms with van der Waals surface area (Å²) in [6, 6.07) is -0.444. The van der Waals surface area contributed by atoms with E-state index in [1.165, 1.54) is 0 Å².